The molecule has 15 heavy (non-hydrogen) atoms. The topological polar surface area (TPSA) is 66.8 Å². The molecule has 0 aromatic heterocycles. The molecule has 1 aromatic carbocycles. The van der Waals surface area contributed by atoms with Gasteiger partial charge in [0, 0.05) is 5.56 Å². The smallest absolute Gasteiger partial charge is 0.337 e. The number of benzene rings is 1. The van der Waals surface area contributed by atoms with Crippen molar-refractivity contribution in [2.24, 2.45) is 0 Å². The van der Waals surface area contributed by atoms with Crippen LogP contribution in [0, 0.1) is 6.92 Å². The van der Waals surface area contributed by atoms with Gasteiger partial charge in [0.05, 0.1) is 6.61 Å². The first-order valence-electron chi connectivity index (χ1n) is 4.70. The highest BCUT2D eigenvalue weighted by atomic mass is 16.5. The monoisotopic (exact) mass is 210 g/mol. The van der Waals surface area contributed by atoms with Gasteiger partial charge in [-0.2, -0.15) is 0 Å². The first-order chi connectivity index (χ1) is 7.06. The number of carboxylic acid groups (broad SMARTS) is 1. The second-order valence-corrected chi connectivity index (χ2v) is 3.22. The van der Waals surface area contributed by atoms with Crippen LogP contribution >= 0.6 is 0 Å². The number of aryl methyl sites for hydroxylation is 1. The maximum absolute atomic E-state index is 10.6. The average Bonchev–Trinajstić information content (AvgIpc) is 2.17. The lowest BCUT2D eigenvalue weighted by atomic mass is 10.1. The number of ether oxygens (including phenoxy) is 1. The molecule has 0 amide bonds. The number of hydrogen-bond donors (Lipinski definition) is 2. The summed E-state index contributed by atoms with van der Waals surface area (Å²) in [5.74, 6) is -0.854. The van der Waals surface area contributed by atoms with E-state index in [1.807, 2.05) is 6.92 Å². The van der Waals surface area contributed by atoms with Gasteiger partial charge in [-0.1, -0.05) is 12.1 Å². The van der Waals surface area contributed by atoms with Gasteiger partial charge in [-0.3, -0.25) is 0 Å². The molecule has 0 saturated heterocycles. The molecule has 0 spiro atoms. The van der Waals surface area contributed by atoms with Crippen molar-refractivity contribution < 1.29 is 19.7 Å². The van der Waals surface area contributed by atoms with Gasteiger partial charge in [-0.15, -0.1) is 0 Å². The molecule has 0 radical (unpaired) electrons. The van der Waals surface area contributed by atoms with Crippen LogP contribution in [0.5, 0.6) is 5.75 Å². The van der Waals surface area contributed by atoms with Gasteiger partial charge >= 0.3 is 5.97 Å². The molecule has 1 aromatic rings. The van der Waals surface area contributed by atoms with Gasteiger partial charge < -0.3 is 14.9 Å². The van der Waals surface area contributed by atoms with E-state index in [2.05, 4.69) is 0 Å². The third-order valence-corrected chi connectivity index (χ3v) is 2.00. The summed E-state index contributed by atoms with van der Waals surface area (Å²) in [6.07, 6.45) is -1.54. The first-order valence-corrected chi connectivity index (χ1v) is 4.70. The Kier molecular flexibility index (Phi) is 3.68. The van der Waals surface area contributed by atoms with E-state index < -0.39 is 12.1 Å². The van der Waals surface area contributed by atoms with E-state index in [1.54, 1.807) is 25.1 Å². The summed E-state index contributed by atoms with van der Waals surface area (Å²) < 4.78 is 5.27. The quantitative estimate of drug-likeness (QED) is 0.790. The molecule has 82 valence electrons. The third-order valence-electron chi connectivity index (χ3n) is 2.00. The van der Waals surface area contributed by atoms with E-state index in [9.17, 15) is 9.90 Å². The van der Waals surface area contributed by atoms with Crippen LogP contribution in [0.4, 0.5) is 0 Å². The Morgan fingerprint density at radius 2 is 2.20 bits per heavy atom. The van der Waals surface area contributed by atoms with E-state index in [1.165, 1.54) is 0 Å². The normalized spacial score (nSPS) is 12.2. The number of aliphatic hydroxyl groups is 1. The Morgan fingerprint density at radius 1 is 1.53 bits per heavy atom. The number of hydrogen-bond acceptors (Lipinski definition) is 3. The Morgan fingerprint density at radius 3 is 2.73 bits per heavy atom. The molecule has 0 saturated carbocycles. The lowest BCUT2D eigenvalue weighted by Gasteiger charge is -2.13. The van der Waals surface area contributed by atoms with Crippen molar-refractivity contribution >= 4 is 5.97 Å². The van der Waals surface area contributed by atoms with Crippen molar-refractivity contribution in [3.63, 3.8) is 0 Å². The zero-order chi connectivity index (χ0) is 11.4. The lowest BCUT2D eigenvalue weighted by Crippen LogP contribution is -2.12. The minimum Gasteiger partial charge on any atom is -0.493 e. The molecule has 4 heteroatoms. The van der Waals surface area contributed by atoms with Crippen molar-refractivity contribution in [3.8, 4) is 5.75 Å². The maximum Gasteiger partial charge on any atom is 0.337 e. The fourth-order valence-electron chi connectivity index (χ4n) is 1.28. The van der Waals surface area contributed by atoms with E-state index >= 15 is 0 Å². The molecule has 0 aliphatic carbocycles. The zero-order valence-electron chi connectivity index (χ0n) is 8.73. The molecule has 0 fully saturated rings. The van der Waals surface area contributed by atoms with Crippen LogP contribution in [0.25, 0.3) is 0 Å². The van der Waals surface area contributed by atoms with Crippen LogP contribution in [0.1, 0.15) is 24.2 Å². The largest absolute Gasteiger partial charge is 0.493 e. The number of aliphatic carboxylic acids is 1. The maximum atomic E-state index is 10.6. The number of aliphatic hydroxyl groups excluding tert-OH is 1. The van der Waals surface area contributed by atoms with Crippen molar-refractivity contribution in [2.75, 3.05) is 6.61 Å². The summed E-state index contributed by atoms with van der Waals surface area (Å²) in [5.41, 5.74) is 1.25. The van der Waals surface area contributed by atoms with Crippen molar-refractivity contribution in [1.29, 1.82) is 0 Å². The molecular formula is C11H14O4. The summed E-state index contributed by atoms with van der Waals surface area (Å²) in [5, 5.41) is 18.1. The minimum absolute atomic E-state index is 0.287. The molecule has 0 aliphatic heterocycles. The Balaban J connectivity index is 3.10. The van der Waals surface area contributed by atoms with Gasteiger partial charge in [0.1, 0.15) is 5.75 Å². The van der Waals surface area contributed by atoms with Crippen molar-refractivity contribution in [3.05, 3.63) is 29.3 Å². The second-order valence-electron chi connectivity index (χ2n) is 3.22. The van der Waals surface area contributed by atoms with E-state index in [0.29, 0.717) is 12.4 Å². The molecule has 2 N–H and O–H groups in total. The van der Waals surface area contributed by atoms with E-state index in [0.717, 1.165) is 5.56 Å². The molecule has 1 atom stereocenters. The highest BCUT2D eigenvalue weighted by molar-refractivity contribution is 5.75. The Bertz CT molecular complexity index is 360. The molecule has 1 rings (SSSR count). The van der Waals surface area contributed by atoms with Crippen LogP contribution in [0.15, 0.2) is 18.2 Å². The number of carbonyl (C=O) groups is 1. The Hall–Kier alpha value is -1.55. The van der Waals surface area contributed by atoms with Crippen LogP contribution in [-0.2, 0) is 4.79 Å². The molecule has 1 unspecified atom stereocenters. The van der Waals surface area contributed by atoms with Gasteiger partial charge in [-0.05, 0) is 25.5 Å². The first kappa shape index (κ1) is 11.5. The standard InChI is InChI=1S/C11H14O4/c1-3-15-9-6-7(2)4-5-8(9)10(12)11(13)14/h4-6,10,12H,3H2,1-2H3,(H,13,14). The van der Waals surface area contributed by atoms with Gasteiger partial charge in [0.2, 0.25) is 0 Å². The van der Waals surface area contributed by atoms with Crippen LogP contribution in [-0.4, -0.2) is 22.8 Å². The zero-order valence-corrected chi connectivity index (χ0v) is 8.73. The fraction of sp³-hybridized carbons (Fsp3) is 0.364. The predicted octanol–water partition coefficient (Wildman–Crippen LogP) is 1.51. The molecule has 4 nitrogen and oxygen atoms in total. The summed E-state index contributed by atoms with van der Waals surface area (Å²) in [7, 11) is 0. The van der Waals surface area contributed by atoms with Crippen LogP contribution in [0.2, 0.25) is 0 Å². The minimum atomic E-state index is -1.54. The third kappa shape index (κ3) is 2.70. The van der Waals surface area contributed by atoms with Crippen molar-refractivity contribution in [1.82, 2.24) is 0 Å². The van der Waals surface area contributed by atoms with Crippen LogP contribution < -0.4 is 4.74 Å². The summed E-state index contributed by atoms with van der Waals surface area (Å²) >= 11 is 0. The van der Waals surface area contributed by atoms with Crippen molar-refractivity contribution in [2.45, 2.75) is 20.0 Å². The summed E-state index contributed by atoms with van der Waals surface area (Å²) in [6.45, 7) is 4.11. The van der Waals surface area contributed by atoms with Gasteiger partial charge in [0.15, 0.2) is 6.10 Å². The van der Waals surface area contributed by atoms with Crippen LogP contribution in [0.3, 0.4) is 0 Å². The predicted molar refractivity (Wildman–Crippen MR) is 54.9 cm³/mol. The van der Waals surface area contributed by atoms with Gasteiger partial charge in [0.25, 0.3) is 0 Å². The molecule has 0 heterocycles. The summed E-state index contributed by atoms with van der Waals surface area (Å²) in [4.78, 5) is 10.6. The fourth-order valence-corrected chi connectivity index (χ4v) is 1.28. The highest BCUT2D eigenvalue weighted by Crippen LogP contribution is 2.26. The molecule has 0 aliphatic rings. The Labute approximate surface area is 88.1 Å². The lowest BCUT2D eigenvalue weighted by molar-refractivity contribution is -0.147. The molecular weight excluding hydrogens is 196 g/mol. The van der Waals surface area contributed by atoms with E-state index in [4.69, 9.17) is 9.84 Å². The number of rotatable bonds is 4. The molecule has 0 bridgehead atoms. The summed E-state index contributed by atoms with van der Waals surface area (Å²) in [6, 6.07) is 5.02. The van der Waals surface area contributed by atoms with E-state index in [-0.39, 0.29) is 5.56 Å². The highest BCUT2D eigenvalue weighted by Gasteiger charge is 2.20. The average molecular weight is 210 g/mol. The number of carboxylic acids is 1. The SMILES string of the molecule is CCOc1cc(C)ccc1C(O)C(=O)O. The van der Waals surface area contributed by atoms with Gasteiger partial charge in [-0.25, -0.2) is 4.79 Å². The second kappa shape index (κ2) is 4.79.